The Balaban J connectivity index is 1.85. The van der Waals surface area contributed by atoms with Gasteiger partial charge in [0.1, 0.15) is 0 Å². The van der Waals surface area contributed by atoms with Crippen molar-refractivity contribution in [3.05, 3.63) is 58.4 Å². The van der Waals surface area contributed by atoms with E-state index in [2.05, 4.69) is 25.6 Å². The van der Waals surface area contributed by atoms with E-state index < -0.39 is 10.0 Å². The second kappa shape index (κ2) is 6.31. The molecule has 1 aromatic heterocycles. The number of nitrogen functional groups attached to an aromatic ring is 1. The number of nitrogens with zero attached hydrogens (tertiary/aromatic N) is 1. The van der Waals surface area contributed by atoms with Gasteiger partial charge in [0.25, 0.3) is 10.0 Å². The lowest BCUT2D eigenvalue weighted by Gasteiger charge is -2.05. The number of sulfonamides is 1. The Labute approximate surface area is 146 Å². The van der Waals surface area contributed by atoms with Gasteiger partial charge in [-0.3, -0.25) is 4.72 Å². The summed E-state index contributed by atoms with van der Waals surface area (Å²) in [6.45, 7) is 0. The molecule has 0 amide bonds. The van der Waals surface area contributed by atoms with E-state index >= 15 is 0 Å². The summed E-state index contributed by atoms with van der Waals surface area (Å²) in [7, 11) is -3.65. The quantitative estimate of drug-likeness (QED) is 0.638. The molecule has 0 aliphatic rings. The maximum Gasteiger partial charge on any atom is 0.263 e. The molecule has 5 nitrogen and oxygen atoms in total. The molecule has 0 fully saturated rings. The van der Waals surface area contributed by atoms with Crippen molar-refractivity contribution in [2.45, 2.75) is 4.90 Å². The molecule has 0 saturated carbocycles. The first-order valence-electron chi connectivity index (χ1n) is 6.54. The van der Waals surface area contributed by atoms with E-state index in [4.69, 9.17) is 5.73 Å². The Morgan fingerprint density at radius 3 is 2.57 bits per heavy atom. The minimum Gasteiger partial charge on any atom is -0.399 e. The van der Waals surface area contributed by atoms with Gasteiger partial charge in [-0.05, 0) is 36.4 Å². The molecule has 0 atom stereocenters. The van der Waals surface area contributed by atoms with Gasteiger partial charge >= 0.3 is 0 Å². The Hall–Kier alpha value is -1.90. The minimum atomic E-state index is -3.65. The molecule has 118 valence electrons. The van der Waals surface area contributed by atoms with Crippen LogP contribution >= 0.6 is 27.3 Å². The topological polar surface area (TPSA) is 85.1 Å². The van der Waals surface area contributed by atoms with Crippen LogP contribution in [0.1, 0.15) is 0 Å². The molecule has 0 aliphatic heterocycles. The summed E-state index contributed by atoms with van der Waals surface area (Å²) in [5.41, 5.74) is 7.90. The predicted molar refractivity (Wildman–Crippen MR) is 96.9 cm³/mol. The van der Waals surface area contributed by atoms with E-state index in [1.54, 1.807) is 29.6 Å². The Bertz CT molecular complexity index is 937. The predicted octanol–water partition coefficient (Wildman–Crippen LogP) is 3.96. The molecule has 23 heavy (non-hydrogen) atoms. The average molecular weight is 410 g/mol. The summed E-state index contributed by atoms with van der Waals surface area (Å²) in [5.74, 6) is 0. The molecule has 3 aromatic rings. The van der Waals surface area contributed by atoms with Crippen LogP contribution in [0.4, 0.5) is 10.8 Å². The van der Waals surface area contributed by atoms with E-state index in [9.17, 15) is 8.42 Å². The molecule has 0 radical (unpaired) electrons. The van der Waals surface area contributed by atoms with Gasteiger partial charge in [0.05, 0.1) is 10.6 Å². The highest BCUT2D eigenvalue weighted by Gasteiger charge is 2.16. The second-order valence-electron chi connectivity index (χ2n) is 4.72. The first kappa shape index (κ1) is 16.0. The lowest BCUT2D eigenvalue weighted by Crippen LogP contribution is -2.12. The van der Waals surface area contributed by atoms with Crippen molar-refractivity contribution in [3.8, 4) is 11.3 Å². The third-order valence-corrected chi connectivity index (χ3v) is 5.80. The van der Waals surface area contributed by atoms with Crippen LogP contribution in [0.2, 0.25) is 0 Å². The number of halogens is 1. The van der Waals surface area contributed by atoms with Crippen LogP contribution in [0, 0.1) is 0 Å². The zero-order chi connectivity index (χ0) is 16.4. The number of nitrogens with one attached hydrogen (secondary N) is 1. The van der Waals surface area contributed by atoms with Gasteiger partial charge in [0.2, 0.25) is 0 Å². The summed E-state index contributed by atoms with van der Waals surface area (Å²) in [6.07, 6.45) is 0. The Morgan fingerprint density at radius 2 is 1.87 bits per heavy atom. The number of nitrogens with two attached hydrogens (primary N) is 1. The Kier molecular flexibility index (Phi) is 4.38. The molecule has 3 N–H and O–H groups in total. The van der Waals surface area contributed by atoms with Gasteiger partial charge in [-0.25, -0.2) is 13.4 Å². The van der Waals surface area contributed by atoms with E-state index in [0.717, 1.165) is 10.0 Å². The zero-order valence-corrected chi connectivity index (χ0v) is 15.0. The van der Waals surface area contributed by atoms with Crippen molar-refractivity contribution in [1.82, 2.24) is 4.98 Å². The van der Waals surface area contributed by atoms with Crippen molar-refractivity contribution in [2.24, 2.45) is 0 Å². The number of anilines is 2. The minimum absolute atomic E-state index is 0.182. The summed E-state index contributed by atoms with van der Waals surface area (Å²) in [5, 5.41) is 2.10. The number of rotatable bonds is 4. The number of hydrogen-bond donors (Lipinski definition) is 2. The van der Waals surface area contributed by atoms with Crippen molar-refractivity contribution in [3.63, 3.8) is 0 Å². The van der Waals surface area contributed by atoms with Gasteiger partial charge in [-0.2, -0.15) is 0 Å². The lowest BCUT2D eigenvalue weighted by atomic mass is 10.1. The number of aromatic nitrogens is 1. The lowest BCUT2D eigenvalue weighted by molar-refractivity contribution is 0.601. The summed E-state index contributed by atoms with van der Waals surface area (Å²) < 4.78 is 28.0. The van der Waals surface area contributed by atoms with Crippen LogP contribution in [0.3, 0.4) is 0 Å². The fourth-order valence-electron chi connectivity index (χ4n) is 1.94. The third kappa shape index (κ3) is 3.72. The van der Waals surface area contributed by atoms with Gasteiger partial charge in [0, 0.05) is 21.1 Å². The van der Waals surface area contributed by atoms with Crippen molar-refractivity contribution < 1.29 is 8.42 Å². The van der Waals surface area contributed by atoms with Crippen LogP contribution in [0.5, 0.6) is 0 Å². The fourth-order valence-corrected chi connectivity index (χ4v) is 4.18. The highest BCUT2D eigenvalue weighted by molar-refractivity contribution is 9.10. The SMILES string of the molecule is Nc1cccc(-c2csc(NS(=O)(=O)c3ccc(Br)cc3)n2)c1. The molecule has 0 unspecified atom stereocenters. The highest BCUT2D eigenvalue weighted by Crippen LogP contribution is 2.27. The molecule has 0 saturated heterocycles. The molecule has 3 rings (SSSR count). The van der Waals surface area contributed by atoms with Gasteiger partial charge in [-0.15, -0.1) is 11.3 Å². The normalized spacial score (nSPS) is 11.3. The molecule has 0 aliphatic carbocycles. The number of benzene rings is 2. The van der Waals surface area contributed by atoms with E-state index in [0.29, 0.717) is 16.5 Å². The molecule has 0 spiro atoms. The average Bonchev–Trinajstić information content (AvgIpc) is 2.95. The van der Waals surface area contributed by atoms with Crippen molar-refractivity contribution >= 4 is 48.1 Å². The smallest absolute Gasteiger partial charge is 0.263 e. The Morgan fingerprint density at radius 1 is 1.13 bits per heavy atom. The van der Waals surface area contributed by atoms with E-state index in [-0.39, 0.29) is 4.90 Å². The van der Waals surface area contributed by atoms with Gasteiger partial charge in [0.15, 0.2) is 5.13 Å². The van der Waals surface area contributed by atoms with Crippen LogP contribution in [0.15, 0.2) is 63.3 Å². The fraction of sp³-hybridized carbons (Fsp3) is 0. The van der Waals surface area contributed by atoms with Gasteiger partial charge < -0.3 is 5.73 Å². The van der Waals surface area contributed by atoms with Crippen LogP contribution in [-0.4, -0.2) is 13.4 Å². The third-order valence-electron chi connectivity index (χ3n) is 3.03. The van der Waals surface area contributed by atoms with Crippen molar-refractivity contribution in [2.75, 3.05) is 10.5 Å². The first-order chi connectivity index (χ1) is 10.9. The zero-order valence-electron chi connectivity index (χ0n) is 11.7. The standard InChI is InChI=1S/C15H12BrN3O2S2/c16-11-4-6-13(7-5-11)23(20,21)19-15-18-14(9-22-15)10-2-1-3-12(17)8-10/h1-9H,17H2,(H,18,19). The molecule has 0 bridgehead atoms. The summed E-state index contributed by atoms with van der Waals surface area (Å²) in [4.78, 5) is 4.50. The van der Waals surface area contributed by atoms with E-state index in [1.165, 1.54) is 23.5 Å². The van der Waals surface area contributed by atoms with Crippen LogP contribution in [-0.2, 0) is 10.0 Å². The maximum atomic E-state index is 12.3. The maximum absolute atomic E-state index is 12.3. The van der Waals surface area contributed by atoms with Gasteiger partial charge in [-0.1, -0.05) is 28.1 Å². The van der Waals surface area contributed by atoms with E-state index in [1.807, 2.05) is 12.1 Å². The molecule has 8 heteroatoms. The van der Waals surface area contributed by atoms with Crippen LogP contribution < -0.4 is 10.5 Å². The van der Waals surface area contributed by atoms with Crippen LogP contribution in [0.25, 0.3) is 11.3 Å². The van der Waals surface area contributed by atoms with Crippen molar-refractivity contribution in [1.29, 1.82) is 0 Å². The number of hydrogen-bond acceptors (Lipinski definition) is 5. The number of thiazole rings is 1. The molecule has 1 heterocycles. The molecule has 2 aromatic carbocycles. The second-order valence-corrected chi connectivity index (χ2v) is 8.18. The molecular weight excluding hydrogens is 398 g/mol. The monoisotopic (exact) mass is 409 g/mol. The summed E-state index contributed by atoms with van der Waals surface area (Å²) in [6, 6.07) is 13.7. The molecular formula is C15H12BrN3O2S2. The summed E-state index contributed by atoms with van der Waals surface area (Å²) >= 11 is 4.50. The largest absolute Gasteiger partial charge is 0.399 e. The highest BCUT2D eigenvalue weighted by atomic mass is 79.9. The first-order valence-corrected chi connectivity index (χ1v) is 9.69.